The number of fused-ring (bicyclic) bond motifs is 1. The Bertz CT molecular complexity index is 832. The van der Waals surface area contributed by atoms with Crippen LogP contribution in [0.2, 0.25) is 0 Å². The summed E-state index contributed by atoms with van der Waals surface area (Å²) >= 11 is 0. The van der Waals surface area contributed by atoms with Crippen molar-refractivity contribution in [1.82, 2.24) is 19.5 Å². The van der Waals surface area contributed by atoms with Gasteiger partial charge in [0.15, 0.2) is 11.2 Å². The quantitative estimate of drug-likeness (QED) is 0.663. The van der Waals surface area contributed by atoms with Gasteiger partial charge in [0.1, 0.15) is 18.4 Å². The van der Waals surface area contributed by atoms with E-state index in [1.54, 1.807) is 0 Å². The third-order valence-electron chi connectivity index (χ3n) is 3.75. The lowest BCUT2D eigenvalue weighted by atomic mass is 10.0. The lowest BCUT2D eigenvalue weighted by molar-refractivity contribution is -0.177. The van der Waals surface area contributed by atoms with Crippen molar-refractivity contribution in [2.75, 3.05) is 0 Å². The summed E-state index contributed by atoms with van der Waals surface area (Å²) in [6, 6.07) is -2.06. The number of aromatic nitrogens is 4. The number of aromatic amines is 1. The molecular weight excluding hydrogens is 335 g/mol. The van der Waals surface area contributed by atoms with Crippen molar-refractivity contribution in [3.8, 4) is 0 Å². The molecule has 2 aromatic rings. The van der Waals surface area contributed by atoms with Crippen LogP contribution in [0.3, 0.4) is 0 Å². The zero-order valence-electron chi connectivity index (χ0n) is 11.9. The minimum atomic E-state index is -5.13. The minimum Gasteiger partial charge on any atom is -0.390 e. The van der Waals surface area contributed by atoms with Gasteiger partial charge >= 0.3 is 6.18 Å². The Kier molecular flexibility index (Phi) is 3.89. The molecule has 2 unspecified atom stereocenters. The number of hydrogen-bond donors (Lipinski definition) is 3. The number of Topliss-reactive ketones (excluding diaryl/α,β-unsaturated/α-hetero) is 1. The van der Waals surface area contributed by atoms with Crippen molar-refractivity contribution in [2.24, 2.45) is 5.73 Å². The monoisotopic (exact) mass is 347 g/mol. The molecule has 130 valence electrons. The van der Waals surface area contributed by atoms with Crippen LogP contribution in [0.5, 0.6) is 0 Å². The maximum atomic E-state index is 12.5. The van der Waals surface area contributed by atoms with Crippen LogP contribution in [-0.2, 0) is 9.53 Å². The summed E-state index contributed by atoms with van der Waals surface area (Å²) in [5.41, 5.74) is 4.94. The number of aliphatic hydroxyl groups excluding tert-OH is 1. The van der Waals surface area contributed by atoms with Crippen LogP contribution in [0.15, 0.2) is 17.4 Å². The van der Waals surface area contributed by atoms with Crippen molar-refractivity contribution < 1.29 is 27.8 Å². The van der Waals surface area contributed by atoms with Gasteiger partial charge < -0.3 is 20.6 Å². The Morgan fingerprint density at radius 3 is 2.88 bits per heavy atom. The van der Waals surface area contributed by atoms with Gasteiger partial charge in [-0.2, -0.15) is 13.2 Å². The molecule has 12 heteroatoms. The van der Waals surface area contributed by atoms with E-state index in [0.717, 1.165) is 6.33 Å². The lowest BCUT2D eigenvalue weighted by Gasteiger charge is -2.22. The highest BCUT2D eigenvalue weighted by atomic mass is 19.4. The van der Waals surface area contributed by atoms with E-state index in [4.69, 9.17) is 10.5 Å². The highest BCUT2D eigenvalue weighted by Crippen LogP contribution is 2.33. The van der Waals surface area contributed by atoms with Gasteiger partial charge in [0, 0.05) is 6.42 Å². The van der Waals surface area contributed by atoms with Crippen molar-refractivity contribution in [3.63, 3.8) is 0 Å². The maximum Gasteiger partial charge on any atom is 0.451 e. The second kappa shape index (κ2) is 5.65. The molecular formula is C12H12F3N5O4. The van der Waals surface area contributed by atoms with E-state index in [9.17, 15) is 27.9 Å². The van der Waals surface area contributed by atoms with Gasteiger partial charge in [-0.05, 0) is 0 Å². The van der Waals surface area contributed by atoms with Gasteiger partial charge in [0.05, 0.1) is 18.8 Å². The number of imidazole rings is 1. The van der Waals surface area contributed by atoms with Crippen LogP contribution in [0.4, 0.5) is 13.2 Å². The molecule has 3 rings (SSSR count). The van der Waals surface area contributed by atoms with Gasteiger partial charge in [-0.1, -0.05) is 0 Å². The second-order valence-corrected chi connectivity index (χ2v) is 5.30. The summed E-state index contributed by atoms with van der Waals surface area (Å²) in [6.07, 6.45) is -6.81. The first kappa shape index (κ1) is 16.5. The summed E-state index contributed by atoms with van der Waals surface area (Å²) < 4.78 is 44.0. The molecule has 0 bridgehead atoms. The Morgan fingerprint density at radius 1 is 1.50 bits per heavy atom. The van der Waals surface area contributed by atoms with Crippen molar-refractivity contribution in [3.05, 3.63) is 23.0 Å². The van der Waals surface area contributed by atoms with E-state index in [1.807, 2.05) is 0 Å². The summed E-state index contributed by atoms with van der Waals surface area (Å²) in [5.74, 6) is -2.18. The summed E-state index contributed by atoms with van der Waals surface area (Å²) in [4.78, 5) is 32.9. The number of rotatable bonds is 3. The summed E-state index contributed by atoms with van der Waals surface area (Å²) in [6.45, 7) is 0. The van der Waals surface area contributed by atoms with E-state index in [-0.39, 0.29) is 17.6 Å². The lowest BCUT2D eigenvalue weighted by Crippen LogP contribution is -2.51. The molecule has 0 aromatic carbocycles. The molecule has 4 atom stereocenters. The largest absolute Gasteiger partial charge is 0.451 e. The summed E-state index contributed by atoms with van der Waals surface area (Å²) in [7, 11) is 0. The maximum absolute atomic E-state index is 12.5. The number of carbonyl (C=O) groups excluding carboxylic acids is 1. The molecule has 0 radical (unpaired) electrons. The van der Waals surface area contributed by atoms with E-state index in [1.165, 1.54) is 10.9 Å². The number of nitrogens with zero attached hydrogens (tertiary/aromatic N) is 3. The van der Waals surface area contributed by atoms with Gasteiger partial charge in [0.2, 0.25) is 0 Å². The van der Waals surface area contributed by atoms with Gasteiger partial charge in [-0.15, -0.1) is 0 Å². The zero-order valence-corrected chi connectivity index (χ0v) is 11.9. The molecule has 1 aliphatic heterocycles. The van der Waals surface area contributed by atoms with Crippen LogP contribution >= 0.6 is 0 Å². The first-order chi connectivity index (χ1) is 11.2. The zero-order chi connectivity index (χ0) is 17.6. The molecule has 1 saturated heterocycles. The van der Waals surface area contributed by atoms with Crippen molar-refractivity contribution >= 4 is 16.9 Å². The van der Waals surface area contributed by atoms with Gasteiger partial charge in [-0.25, -0.2) is 9.97 Å². The third kappa shape index (κ3) is 2.68. The second-order valence-electron chi connectivity index (χ2n) is 5.30. The average Bonchev–Trinajstić information content (AvgIpc) is 3.09. The SMILES string of the molecule is NC(C(=O)C(F)(F)F)[C@H]1O[C@@H](n2cnc3c(=O)[nH]cnc32)CC1O. The Labute approximate surface area is 131 Å². The molecule has 24 heavy (non-hydrogen) atoms. The minimum absolute atomic E-state index is 0.00899. The topological polar surface area (TPSA) is 136 Å². The van der Waals surface area contributed by atoms with Crippen LogP contribution in [0.1, 0.15) is 12.6 Å². The number of carbonyl (C=O) groups is 1. The Balaban J connectivity index is 1.86. The first-order valence-electron chi connectivity index (χ1n) is 6.80. The van der Waals surface area contributed by atoms with E-state index >= 15 is 0 Å². The fraction of sp³-hybridized carbons (Fsp3) is 0.500. The molecule has 0 saturated carbocycles. The van der Waals surface area contributed by atoms with E-state index in [0.29, 0.717) is 0 Å². The number of nitrogens with two attached hydrogens (primary N) is 1. The van der Waals surface area contributed by atoms with Gasteiger partial charge in [-0.3, -0.25) is 14.2 Å². The number of halogens is 3. The molecule has 9 nitrogen and oxygen atoms in total. The molecule has 0 amide bonds. The molecule has 1 aliphatic rings. The standard InChI is InChI=1S/C12H12F3N5O4/c13-12(14,15)9(22)6(16)8-4(21)1-5(24-8)20-3-19-7-10(20)17-2-18-11(7)23/h2-6,8,21H,1,16H2,(H,17,18,23)/t4?,5-,6?,8+/m1/s1. The fourth-order valence-electron chi connectivity index (χ4n) is 2.58. The van der Waals surface area contributed by atoms with E-state index < -0.39 is 42.0 Å². The van der Waals surface area contributed by atoms with E-state index in [2.05, 4.69) is 15.0 Å². The Morgan fingerprint density at radius 2 is 2.21 bits per heavy atom. The number of H-pyrrole nitrogens is 1. The molecule has 2 aromatic heterocycles. The molecule has 3 heterocycles. The highest BCUT2D eigenvalue weighted by molar-refractivity contribution is 5.89. The number of hydrogen-bond acceptors (Lipinski definition) is 7. The predicted molar refractivity (Wildman–Crippen MR) is 71.7 cm³/mol. The van der Waals surface area contributed by atoms with Crippen LogP contribution < -0.4 is 11.3 Å². The number of alkyl halides is 3. The smallest absolute Gasteiger partial charge is 0.390 e. The van der Waals surface area contributed by atoms with Crippen molar-refractivity contribution in [2.45, 2.75) is 37.1 Å². The van der Waals surface area contributed by atoms with Crippen molar-refractivity contribution in [1.29, 1.82) is 0 Å². The third-order valence-corrected chi connectivity index (χ3v) is 3.75. The number of aliphatic hydroxyl groups is 1. The molecule has 1 fully saturated rings. The Hall–Kier alpha value is -2.31. The highest BCUT2D eigenvalue weighted by Gasteiger charge is 2.49. The van der Waals surface area contributed by atoms with Crippen LogP contribution in [-0.4, -0.2) is 54.8 Å². The predicted octanol–water partition coefficient (Wildman–Crippen LogP) is -0.773. The number of nitrogens with one attached hydrogen (secondary N) is 1. The van der Waals surface area contributed by atoms with Crippen LogP contribution in [0.25, 0.3) is 11.2 Å². The number of ether oxygens (including phenoxy) is 1. The molecule has 4 N–H and O–H groups in total. The molecule has 0 aliphatic carbocycles. The number of ketones is 1. The summed E-state index contributed by atoms with van der Waals surface area (Å²) in [5, 5.41) is 9.92. The average molecular weight is 347 g/mol. The fourth-order valence-corrected chi connectivity index (χ4v) is 2.58. The first-order valence-corrected chi connectivity index (χ1v) is 6.80. The van der Waals surface area contributed by atoms with Crippen LogP contribution in [0, 0.1) is 0 Å². The normalized spacial score (nSPS) is 26.0. The molecule has 0 spiro atoms. The van der Waals surface area contributed by atoms with Gasteiger partial charge in [0.25, 0.3) is 11.3 Å².